The van der Waals surface area contributed by atoms with Crippen molar-refractivity contribution in [2.45, 2.75) is 70.6 Å². The van der Waals surface area contributed by atoms with Crippen LogP contribution in [-0.4, -0.2) is 41.6 Å². The minimum atomic E-state index is -0.636. The van der Waals surface area contributed by atoms with Crippen LogP contribution in [-0.2, 0) is 17.8 Å². The van der Waals surface area contributed by atoms with Crippen molar-refractivity contribution in [3.63, 3.8) is 0 Å². The van der Waals surface area contributed by atoms with Crippen LogP contribution < -0.4 is 15.1 Å². The molecule has 1 aliphatic carbocycles. The Morgan fingerprint density at radius 2 is 1.66 bits per heavy atom. The zero-order valence-electron chi connectivity index (χ0n) is 26.2. The summed E-state index contributed by atoms with van der Waals surface area (Å²) in [6.07, 6.45) is 7.39. The molecule has 1 fully saturated rings. The average molecular weight is 592 g/mol. The number of nitrogens with one attached hydrogen (secondary N) is 1. The van der Waals surface area contributed by atoms with Gasteiger partial charge in [0.25, 0.3) is 0 Å². The number of aliphatic hydroxyl groups excluding tert-OH is 1. The summed E-state index contributed by atoms with van der Waals surface area (Å²) in [6, 6.07) is 24.3. The quantitative estimate of drug-likeness (QED) is 0.212. The highest BCUT2D eigenvalue weighted by Crippen LogP contribution is 2.36. The van der Waals surface area contributed by atoms with Gasteiger partial charge in [-0.25, -0.2) is 9.97 Å². The minimum Gasteiger partial charge on any atom is -0.369 e. The number of rotatable bonds is 10. The standard InChI is InChI=1S/C37H45N5O2/c1-25(28-19-21-30(22-20-28)42-24-29-10-4-5-11-31(29)37(42)44)36(43)38-23-27-17-15-26(16-18-27)9-8-14-34-39-33-13-7-6-12-32(33)35(40-34)41(2)3/h4-7,10-13,19-22,25-27,37,44H,8-9,14-18,23-24H2,1-3H3,(H,38,43). The van der Waals surface area contributed by atoms with Gasteiger partial charge in [0.1, 0.15) is 11.6 Å². The van der Waals surface area contributed by atoms with Crippen molar-refractivity contribution in [1.29, 1.82) is 0 Å². The SMILES string of the molecule is CC(C(=O)NCC1CCC(CCCc2nc(N(C)C)c3ccccc3n2)CC1)c1ccc(N2Cc3ccccc3C2O)cc1. The summed E-state index contributed by atoms with van der Waals surface area (Å²) in [5.74, 6) is 3.09. The molecule has 3 aromatic carbocycles. The molecule has 2 atom stereocenters. The van der Waals surface area contributed by atoms with Gasteiger partial charge in [-0.05, 0) is 73.4 Å². The molecule has 1 amide bonds. The maximum absolute atomic E-state index is 13.0. The number of nitrogens with zero attached hydrogens (tertiary/aromatic N) is 4. The molecule has 6 rings (SSSR count). The van der Waals surface area contributed by atoms with E-state index < -0.39 is 6.23 Å². The Balaban J connectivity index is 0.927. The molecule has 44 heavy (non-hydrogen) atoms. The van der Waals surface area contributed by atoms with E-state index in [0.717, 1.165) is 70.2 Å². The lowest BCUT2D eigenvalue weighted by atomic mass is 9.79. The van der Waals surface area contributed by atoms with Gasteiger partial charge in [0.15, 0.2) is 6.23 Å². The second-order valence-electron chi connectivity index (χ2n) is 12.9. The summed E-state index contributed by atoms with van der Waals surface area (Å²) < 4.78 is 0. The van der Waals surface area contributed by atoms with E-state index in [-0.39, 0.29) is 11.8 Å². The lowest BCUT2D eigenvalue weighted by Crippen LogP contribution is -2.34. The van der Waals surface area contributed by atoms with E-state index in [1.165, 1.54) is 32.1 Å². The van der Waals surface area contributed by atoms with E-state index >= 15 is 0 Å². The summed E-state index contributed by atoms with van der Waals surface area (Å²) in [6.45, 7) is 3.42. The number of carbonyl (C=O) groups excluding carboxylic acids is 1. The number of hydrogen-bond acceptors (Lipinski definition) is 6. The molecule has 2 aliphatic rings. The highest BCUT2D eigenvalue weighted by Gasteiger charge is 2.28. The molecule has 230 valence electrons. The summed E-state index contributed by atoms with van der Waals surface area (Å²) in [4.78, 5) is 26.8. The number of benzene rings is 3. The van der Waals surface area contributed by atoms with E-state index in [1.807, 2.05) is 80.5 Å². The highest BCUT2D eigenvalue weighted by molar-refractivity contribution is 5.89. The van der Waals surface area contributed by atoms with Crippen molar-refractivity contribution in [3.05, 3.63) is 95.3 Å². The van der Waals surface area contributed by atoms with Gasteiger partial charge in [0, 0.05) is 50.2 Å². The molecule has 1 saturated carbocycles. The predicted molar refractivity (Wildman–Crippen MR) is 178 cm³/mol. The molecule has 0 spiro atoms. The van der Waals surface area contributed by atoms with Crippen molar-refractivity contribution in [2.24, 2.45) is 11.8 Å². The molecule has 0 saturated heterocycles. The molecule has 7 nitrogen and oxygen atoms in total. The van der Waals surface area contributed by atoms with Crippen LogP contribution in [0.2, 0.25) is 0 Å². The second kappa shape index (κ2) is 13.3. The second-order valence-corrected chi connectivity index (χ2v) is 12.9. The molecule has 1 aromatic heterocycles. The van der Waals surface area contributed by atoms with E-state index in [1.54, 1.807) is 0 Å². The van der Waals surface area contributed by atoms with Gasteiger partial charge in [0.2, 0.25) is 5.91 Å². The Labute approximate surface area is 261 Å². The van der Waals surface area contributed by atoms with Crippen molar-refractivity contribution >= 4 is 28.3 Å². The third-order valence-electron chi connectivity index (χ3n) is 9.68. The van der Waals surface area contributed by atoms with E-state index in [2.05, 4.69) is 28.4 Å². The monoisotopic (exact) mass is 591 g/mol. The average Bonchev–Trinajstić information content (AvgIpc) is 3.39. The van der Waals surface area contributed by atoms with Gasteiger partial charge < -0.3 is 20.2 Å². The number of carbonyl (C=O) groups is 1. The fraction of sp³-hybridized carbons (Fsp3) is 0.432. The minimum absolute atomic E-state index is 0.0842. The van der Waals surface area contributed by atoms with Crippen LogP contribution in [0.1, 0.15) is 80.1 Å². The highest BCUT2D eigenvalue weighted by atomic mass is 16.3. The van der Waals surface area contributed by atoms with E-state index in [9.17, 15) is 9.90 Å². The topological polar surface area (TPSA) is 81.6 Å². The first kappa shape index (κ1) is 30.1. The van der Waals surface area contributed by atoms with Gasteiger partial charge in [-0.2, -0.15) is 0 Å². The van der Waals surface area contributed by atoms with Crippen LogP contribution in [0.15, 0.2) is 72.8 Å². The smallest absolute Gasteiger partial charge is 0.227 e. The van der Waals surface area contributed by atoms with Crippen LogP contribution in [0.3, 0.4) is 0 Å². The summed E-state index contributed by atoms with van der Waals surface area (Å²) >= 11 is 0. The summed E-state index contributed by atoms with van der Waals surface area (Å²) in [5.41, 5.74) is 5.09. The first-order valence-corrected chi connectivity index (χ1v) is 16.2. The zero-order valence-corrected chi connectivity index (χ0v) is 26.2. The molecule has 2 heterocycles. The number of anilines is 2. The lowest BCUT2D eigenvalue weighted by Gasteiger charge is -2.29. The van der Waals surface area contributed by atoms with Crippen LogP contribution in [0, 0.1) is 11.8 Å². The Morgan fingerprint density at radius 1 is 0.955 bits per heavy atom. The Bertz CT molecular complexity index is 1580. The number of amides is 1. The largest absolute Gasteiger partial charge is 0.369 e. The van der Waals surface area contributed by atoms with Gasteiger partial charge in [-0.15, -0.1) is 0 Å². The molecule has 0 bridgehead atoms. The third-order valence-corrected chi connectivity index (χ3v) is 9.68. The van der Waals surface area contributed by atoms with Gasteiger partial charge in [-0.3, -0.25) is 4.79 Å². The number of hydrogen-bond donors (Lipinski definition) is 2. The van der Waals surface area contributed by atoms with Crippen molar-refractivity contribution < 1.29 is 9.90 Å². The fourth-order valence-corrected chi connectivity index (χ4v) is 6.94. The molecular formula is C37H45N5O2. The van der Waals surface area contributed by atoms with Crippen LogP contribution >= 0.6 is 0 Å². The maximum Gasteiger partial charge on any atom is 0.227 e. The normalized spacial score (nSPS) is 20.4. The number of para-hydroxylation sites is 1. The van der Waals surface area contributed by atoms with E-state index in [0.29, 0.717) is 12.5 Å². The van der Waals surface area contributed by atoms with Gasteiger partial charge in [-0.1, -0.05) is 67.8 Å². The molecule has 1 aliphatic heterocycles. The Morgan fingerprint density at radius 3 is 2.41 bits per heavy atom. The molecular weight excluding hydrogens is 546 g/mol. The van der Waals surface area contributed by atoms with Crippen molar-refractivity contribution in [1.82, 2.24) is 15.3 Å². The maximum atomic E-state index is 13.0. The molecule has 4 aromatic rings. The Hall–Kier alpha value is -3.97. The lowest BCUT2D eigenvalue weighted by molar-refractivity contribution is -0.122. The third kappa shape index (κ3) is 6.58. The van der Waals surface area contributed by atoms with Crippen molar-refractivity contribution in [3.8, 4) is 0 Å². The van der Waals surface area contributed by atoms with Crippen LogP contribution in [0.4, 0.5) is 11.5 Å². The van der Waals surface area contributed by atoms with Crippen LogP contribution in [0.25, 0.3) is 10.9 Å². The molecule has 2 N–H and O–H groups in total. The fourth-order valence-electron chi connectivity index (χ4n) is 6.94. The van der Waals surface area contributed by atoms with Crippen LogP contribution in [0.5, 0.6) is 0 Å². The summed E-state index contributed by atoms with van der Waals surface area (Å²) in [5, 5.41) is 15.1. The molecule has 2 unspecified atom stereocenters. The number of aryl methyl sites for hydroxylation is 1. The predicted octanol–water partition coefficient (Wildman–Crippen LogP) is 6.76. The first-order chi connectivity index (χ1) is 21.4. The zero-order chi connectivity index (χ0) is 30.6. The van der Waals surface area contributed by atoms with Gasteiger partial charge in [0.05, 0.1) is 11.4 Å². The Kier molecular flexibility index (Phi) is 9.12. The van der Waals surface area contributed by atoms with E-state index in [4.69, 9.17) is 9.97 Å². The number of aliphatic hydroxyl groups is 1. The van der Waals surface area contributed by atoms with Crippen molar-refractivity contribution in [2.75, 3.05) is 30.4 Å². The molecule has 0 radical (unpaired) electrons. The number of aromatic nitrogens is 2. The molecule has 7 heteroatoms. The van der Waals surface area contributed by atoms with Gasteiger partial charge >= 0.3 is 0 Å². The summed E-state index contributed by atoms with van der Waals surface area (Å²) in [7, 11) is 4.08. The number of fused-ring (bicyclic) bond motifs is 2. The first-order valence-electron chi connectivity index (χ1n) is 16.2.